The molecule has 0 radical (unpaired) electrons. The monoisotopic (exact) mass is 253 g/mol. The topological polar surface area (TPSA) is 33.6 Å². The summed E-state index contributed by atoms with van der Waals surface area (Å²) < 4.78 is 3.07. The van der Waals surface area contributed by atoms with Gasteiger partial charge in [0.25, 0.3) is 0 Å². The number of nitrogens with zero attached hydrogens (tertiary/aromatic N) is 2. The predicted molar refractivity (Wildman–Crippen MR) is 72.8 cm³/mol. The van der Waals surface area contributed by atoms with Crippen molar-refractivity contribution in [1.82, 2.24) is 14.8 Å². The summed E-state index contributed by atoms with van der Waals surface area (Å²) in [5, 5.41) is 7.49. The Morgan fingerprint density at radius 3 is 2.47 bits per heavy atom. The van der Waals surface area contributed by atoms with Gasteiger partial charge in [-0.1, -0.05) is 40.5 Å². The minimum absolute atomic E-state index is 0.0656. The lowest BCUT2D eigenvalue weighted by atomic mass is 9.80. The molecule has 1 aromatic heterocycles. The van der Waals surface area contributed by atoms with Gasteiger partial charge in [-0.3, -0.25) is 5.10 Å². The molecule has 0 aliphatic heterocycles. The Hall–Kier alpha value is -0.640. The van der Waals surface area contributed by atoms with Crippen LogP contribution in [0.2, 0.25) is 0 Å². The van der Waals surface area contributed by atoms with Crippen molar-refractivity contribution < 1.29 is 0 Å². The van der Waals surface area contributed by atoms with Gasteiger partial charge < -0.3 is 4.57 Å². The van der Waals surface area contributed by atoms with E-state index >= 15 is 0 Å². The highest BCUT2D eigenvalue weighted by molar-refractivity contribution is 7.71. The van der Waals surface area contributed by atoms with Crippen molar-refractivity contribution in [3.05, 3.63) is 10.6 Å². The molecule has 1 fully saturated rings. The molecule has 0 aromatic carbocycles. The summed E-state index contributed by atoms with van der Waals surface area (Å²) in [6.45, 7) is 9.01. The van der Waals surface area contributed by atoms with Crippen molar-refractivity contribution in [2.24, 2.45) is 5.92 Å². The zero-order valence-corrected chi connectivity index (χ0v) is 12.1. The van der Waals surface area contributed by atoms with Gasteiger partial charge in [0, 0.05) is 11.5 Å². The Balaban J connectivity index is 2.45. The molecule has 1 N–H and O–H groups in total. The molecule has 96 valence electrons. The molecule has 0 saturated heterocycles. The second-order valence-electron chi connectivity index (χ2n) is 6.04. The molecular formula is C13H23N3S. The Labute approximate surface area is 109 Å². The van der Waals surface area contributed by atoms with Crippen LogP contribution in [0, 0.1) is 10.7 Å². The molecule has 0 amide bonds. The average molecular weight is 253 g/mol. The molecule has 1 aromatic rings. The van der Waals surface area contributed by atoms with Crippen molar-refractivity contribution in [1.29, 1.82) is 0 Å². The number of hydrogen-bond donors (Lipinski definition) is 1. The van der Waals surface area contributed by atoms with Gasteiger partial charge in [0.15, 0.2) is 4.77 Å². The first-order chi connectivity index (χ1) is 7.94. The lowest BCUT2D eigenvalue weighted by molar-refractivity contribution is 0.323. The van der Waals surface area contributed by atoms with E-state index < -0.39 is 0 Å². The first kappa shape index (κ1) is 12.8. The second-order valence-corrected chi connectivity index (χ2v) is 6.42. The van der Waals surface area contributed by atoms with Gasteiger partial charge in [0.2, 0.25) is 0 Å². The largest absolute Gasteiger partial charge is 0.301 e. The maximum Gasteiger partial charge on any atom is 0.195 e. The van der Waals surface area contributed by atoms with Crippen molar-refractivity contribution in [2.75, 3.05) is 0 Å². The average Bonchev–Trinajstić information content (AvgIpc) is 2.85. The summed E-state index contributed by atoms with van der Waals surface area (Å²) in [4.78, 5) is 0. The van der Waals surface area contributed by atoms with Gasteiger partial charge in [0.1, 0.15) is 5.82 Å². The van der Waals surface area contributed by atoms with Gasteiger partial charge in [-0.05, 0) is 31.0 Å². The number of aromatic nitrogens is 3. The molecule has 1 saturated carbocycles. The van der Waals surface area contributed by atoms with Crippen LogP contribution in [0.1, 0.15) is 65.2 Å². The van der Waals surface area contributed by atoms with Gasteiger partial charge in [0.05, 0.1) is 0 Å². The summed E-state index contributed by atoms with van der Waals surface area (Å²) in [5.41, 5.74) is 0.0656. The predicted octanol–water partition coefficient (Wildman–Crippen LogP) is 3.99. The van der Waals surface area contributed by atoms with Crippen LogP contribution in [0.5, 0.6) is 0 Å². The van der Waals surface area contributed by atoms with Gasteiger partial charge in [-0.2, -0.15) is 5.10 Å². The Kier molecular flexibility index (Phi) is 3.43. The van der Waals surface area contributed by atoms with Crippen molar-refractivity contribution in [3.8, 4) is 0 Å². The van der Waals surface area contributed by atoms with E-state index in [1.807, 2.05) is 0 Å². The summed E-state index contributed by atoms with van der Waals surface area (Å²) in [7, 11) is 0. The molecule has 1 aliphatic rings. The highest BCUT2D eigenvalue weighted by Gasteiger charge is 2.33. The summed E-state index contributed by atoms with van der Waals surface area (Å²) in [6, 6.07) is 0.564. The van der Waals surface area contributed by atoms with E-state index in [2.05, 4.69) is 42.5 Å². The van der Waals surface area contributed by atoms with Gasteiger partial charge in [-0.15, -0.1) is 0 Å². The molecule has 1 aliphatic carbocycles. The fourth-order valence-electron chi connectivity index (χ4n) is 2.52. The zero-order valence-electron chi connectivity index (χ0n) is 11.3. The van der Waals surface area contributed by atoms with E-state index in [-0.39, 0.29) is 5.41 Å². The molecule has 4 heteroatoms. The highest BCUT2D eigenvalue weighted by Crippen LogP contribution is 2.36. The van der Waals surface area contributed by atoms with Crippen molar-refractivity contribution in [3.63, 3.8) is 0 Å². The van der Waals surface area contributed by atoms with Crippen LogP contribution in [0.15, 0.2) is 0 Å². The van der Waals surface area contributed by atoms with Crippen LogP contribution in [0.4, 0.5) is 0 Å². The third-order valence-electron chi connectivity index (χ3n) is 4.41. The second kappa shape index (κ2) is 4.56. The maximum absolute atomic E-state index is 5.41. The van der Waals surface area contributed by atoms with Crippen LogP contribution in [0.3, 0.4) is 0 Å². The first-order valence-electron chi connectivity index (χ1n) is 6.62. The van der Waals surface area contributed by atoms with Crippen molar-refractivity contribution in [2.45, 2.75) is 64.8 Å². The van der Waals surface area contributed by atoms with E-state index in [9.17, 15) is 0 Å². The standard InChI is InChI=1S/C13H23N3S/c1-9(2)13(3,4)11-14-15-12(17)16(11)10-7-5-6-8-10/h9-10H,5-8H2,1-4H3,(H,15,17). The molecule has 2 rings (SSSR count). The molecule has 3 nitrogen and oxygen atoms in total. The zero-order chi connectivity index (χ0) is 12.6. The summed E-state index contributed by atoms with van der Waals surface area (Å²) >= 11 is 5.41. The third kappa shape index (κ3) is 2.19. The SMILES string of the molecule is CC(C)C(C)(C)c1n[nH]c(=S)n1C1CCCC1. The molecule has 0 spiro atoms. The minimum atomic E-state index is 0.0656. The molecule has 0 unspecified atom stereocenters. The Bertz CT molecular complexity index is 436. The van der Waals surface area contributed by atoms with E-state index in [1.54, 1.807) is 0 Å². The smallest absolute Gasteiger partial charge is 0.195 e. The fourth-order valence-corrected chi connectivity index (χ4v) is 2.80. The molecular weight excluding hydrogens is 230 g/mol. The molecule has 0 bridgehead atoms. The van der Waals surface area contributed by atoms with Crippen LogP contribution in [-0.2, 0) is 5.41 Å². The number of hydrogen-bond acceptors (Lipinski definition) is 2. The fraction of sp³-hybridized carbons (Fsp3) is 0.846. The first-order valence-corrected chi connectivity index (χ1v) is 7.02. The number of aromatic amines is 1. The lowest BCUT2D eigenvalue weighted by Crippen LogP contribution is -2.30. The Morgan fingerprint density at radius 2 is 1.94 bits per heavy atom. The quantitative estimate of drug-likeness (QED) is 0.826. The number of H-pyrrole nitrogens is 1. The van der Waals surface area contributed by atoms with Crippen LogP contribution < -0.4 is 0 Å². The van der Waals surface area contributed by atoms with Gasteiger partial charge in [-0.25, -0.2) is 0 Å². The number of nitrogens with one attached hydrogen (secondary N) is 1. The number of rotatable bonds is 3. The van der Waals surface area contributed by atoms with E-state index in [0.29, 0.717) is 12.0 Å². The minimum Gasteiger partial charge on any atom is -0.301 e. The van der Waals surface area contributed by atoms with Crippen molar-refractivity contribution >= 4 is 12.2 Å². The lowest BCUT2D eigenvalue weighted by Gasteiger charge is -2.30. The van der Waals surface area contributed by atoms with E-state index in [1.165, 1.54) is 25.7 Å². The normalized spacial score (nSPS) is 18.2. The summed E-state index contributed by atoms with van der Waals surface area (Å²) in [6.07, 6.45) is 5.13. The van der Waals surface area contributed by atoms with Crippen LogP contribution in [0.25, 0.3) is 0 Å². The maximum atomic E-state index is 5.41. The van der Waals surface area contributed by atoms with Crippen LogP contribution in [-0.4, -0.2) is 14.8 Å². The van der Waals surface area contributed by atoms with Crippen LogP contribution >= 0.6 is 12.2 Å². The molecule has 1 heterocycles. The van der Waals surface area contributed by atoms with E-state index in [0.717, 1.165) is 10.6 Å². The van der Waals surface area contributed by atoms with Gasteiger partial charge >= 0.3 is 0 Å². The van der Waals surface area contributed by atoms with E-state index in [4.69, 9.17) is 12.2 Å². The molecule has 0 atom stereocenters. The Morgan fingerprint density at radius 1 is 1.35 bits per heavy atom. The summed E-state index contributed by atoms with van der Waals surface area (Å²) in [5.74, 6) is 1.68. The molecule has 17 heavy (non-hydrogen) atoms. The third-order valence-corrected chi connectivity index (χ3v) is 4.70. The highest BCUT2D eigenvalue weighted by atomic mass is 32.1.